The topological polar surface area (TPSA) is 49.3 Å². The lowest BCUT2D eigenvalue weighted by molar-refractivity contribution is -0.120. The predicted molar refractivity (Wildman–Crippen MR) is 79.4 cm³/mol. The van der Waals surface area contributed by atoms with Gasteiger partial charge >= 0.3 is 0 Å². The van der Waals surface area contributed by atoms with Crippen molar-refractivity contribution in [2.24, 2.45) is 0 Å². The fraction of sp³-hybridized carbons (Fsp3) is 0.188. The van der Waals surface area contributed by atoms with Gasteiger partial charge in [-0.25, -0.2) is 0 Å². The van der Waals surface area contributed by atoms with Crippen molar-refractivity contribution in [1.82, 2.24) is 5.32 Å². The van der Waals surface area contributed by atoms with Crippen LogP contribution in [0.5, 0.6) is 0 Å². The standard InChI is InChI=1S/C16H16ClNO2/c17-15-6-2-3-12(8-15)9-16(20)18-10-13-4-1-5-14(7-13)11-19/h1-8,19H,9-11H2,(H,18,20). The second-order valence-electron chi connectivity index (χ2n) is 4.56. The molecule has 0 unspecified atom stereocenters. The summed E-state index contributed by atoms with van der Waals surface area (Å²) in [7, 11) is 0. The molecule has 0 heterocycles. The van der Waals surface area contributed by atoms with E-state index in [2.05, 4.69) is 5.32 Å². The molecule has 104 valence electrons. The summed E-state index contributed by atoms with van der Waals surface area (Å²) < 4.78 is 0. The second-order valence-corrected chi connectivity index (χ2v) is 5.00. The molecule has 0 atom stereocenters. The Balaban J connectivity index is 1.88. The molecule has 0 bridgehead atoms. The molecule has 2 N–H and O–H groups in total. The molecule has 2 aromatic carbocycles. The van der Waals surface area contributed by atoms with E-state index in [0.29, 0.717) is 18.0 Å². The van der Waals surface area contributed by atoms with Gasteiger partial charge in [0.1, 0.15) is 0 Å². The van der Waals surface area contributed by atoms with E-state index in [-0.39, 0.29) is 12.5 Å². The number of rotatable bonds is 5. The number of aliphatic hydroxyl groups is 1. The lowest BCUT2D eigenvalue weighted by atomic mass is 10.1. The van der Waals surface area contributed by atoms with Crippen LogP contribution in [0, 0.1) is 0 Å². The fourth-order valence-electron chi connectivity index (χ4n) is 1.93. The quantitative estimate of drug-likeness (QED) is 0.889. The molecule has 1 amide bonds. The first kappa shape index (κ1) is 14.6. The predicted octanol–water partition coefficient (Wildman–Crippen LogP) is 2.69. The average Bonchev–Trinajstić information content (AvgIpc) is 2.45. The Morgan fingerprint density at radius 2 is 1.75 bits per heavy atom. The van der Waals surface area contributed by atoms with Crippen LogP contribution < -0.4 is 5.32 Å². The molecule has 0 fully saturated rings. The van der Waals surface area contributed by atoms with Gasteiger partial charge in [-0.05, 0) is 28.8 Å². The van der Waals surface area contributed by atoms with Crippen LogP contribution in [0.4, 0.5) is 0 Å². The molecule has 0 aromatic heterocycles. The molecule has 3 nitrogen and oxygen atoms in total. The minimum atomic E-state index is -0.0540. The molecule has 0 spiro atoms. The normalized spacial score (nSPS) is 10.3. The number of amides is 1. The Morgan fingerprint density at radius 1 is 1.05 bits per heavy atom. The van der Waals surface area contributed by atoms with Crippen molar-refractivity contribution in [2.45, 2.75) is 19.6 Å². The van der Waals surface area contributed by atoms with Gasteiger partial charge in [-0.2, -0.15) is 0 Å². The molecule has 0 saturated carbocycles. The smallest absolute Gasteiger partial charge is 0.224 e. The zero-order chi connectivity index (χ0) is 14.4. The summed E-state index contributed by atoms with van der Waals surface area (Å²) in [4.78, 5) is 11.8. The van der Waals surface area contributed by atoms with Crippen LogP contribution in [0.15, 0.2) is 48.5 Å². The Hall–Kier alpha value is -1.84. The minimum absolute atomic E-state index is 0.00427. The van der Waals surface area contributed by atoms with Gasteiger partial charge in [0.05, 0.1) is 13.0 Å². The van der Waals surface area contributed by atoms with Gasteiger partial charge in [0.2, 0.25) is 5.91 Å². The number of hydrogen-bond donors (Lipinski definition) is 2. The van der Waals surface area contributed by atoms with E-state index in [1.165, 1.54) is 0 Å². The van der Waals surface area contributed by atoms with Gasteiger partial charge in [0.15, 0.2) is 0 Å². The zero-order valence-corrected chi connectivity index (χ0v) is 11.7. The molecule has 0 aliphatic rings. The van der Waals surface area contributed by atoms with Crippen molar-refractivity contribution >= 4 is 17.5 Å². The lowest BCUT2D eigenvalue weighted by Gasteiger charge is -2.07. The Morgan fingerprint density at radius 3 is 2.50 bits per heavy atom. The first-order valence-corrected chi connectivity index (χ1v) is 6.75. The fourth-order valence-corrected chi connectivity index (χ4v) is 2.15. The van der Waals surface area contributed by atoms with Gasteiger partial charge in [-0.15, -0.1) is 0 Å². The highest BCUT2D eigenvalue weighted by atomic mass is 35.5. The van der Waals surface area contributed by atoms with Crippen LogP contribution in [0.2, 0.25) is 5.02 Å². The zero-order valence-electron chi connectivity index (χ0n) is 11.0. The highest BCUT2D eigenvalue weighted by Crippen LogP contribution is 2.11. The minimum Gasteiger partial charge on any atom is -0.392 e. The Kier molecular flexibility index (Phi) is 5.16. The van der Waals surface area contributed by atoms with Crippen molar-refractivity contribution in [3.8, 4) is 0 Å². The average molecular weight is 290 g/mol. The van der Waals surface area contributed by atoms with Gasteiger partial charge in [0.25, 0.3) is 0 Å². The number of hydrogen-bond acceptors (Lipinski definition) is 2. The molecule has 2 aromatic rings. The number of carbonyl (C=O) groups is 1. The van der Waals surface area contributed by atoms with Crippen LogP contribution in [0.1, 0.15) is 16.7 Å². The number of halogens is 1. The maximum atomic E-state index is 11.8. The van der Waals surface area contributed by atoms with Gasteiger partial charge in [0, 0.05) is 11.6 Å². The van der Waals surface area contributed by atoms with Crippen molar-refractivity contribution in [1.29, 1.82) is 0 Å². The van der Waals surface area contributed by atoms with Crippen molar-refractivity contribution in [2.75, 3.05) is 0 Å². The molecule has 2 rings (SSSR count). The summed E-state index contributed by atoms with van der Waals surface area (Å²) >= 11 is 5.88. The SMILES string of the molecule is O=C(Cc1cccc(Cl)c1)NCc1cccc(CO)c1. The van der Waals surface area contributed by atoms with Crippen LogP contribution >= 0.6 is 11.6 Å². The maximum absolute atomic E-state index is 11.8. The molecule has 4 heteroatoms. The third-order valence-corrected chi connectivity index (χ3v) is 3.15. The van der Waals surface area contributed by atoms with E-state index in [1.807, 2.05) is 36.4 Å². The van der Waals surface area contributed by atoms with E-state index >= 15 is 0 Å². The van der Waals surface area contributed by atoms with Crippen LogP contribution in [0.3, 0.4) is 0 Å². The maximum Gasteiger partial charge on any atom is 0.224 e. The molecule has 0 aliphatic heterocycles. The van der Waals surface area contributed by atoms with Gasteiger partial charge < -0.3 is 10.4 Å². The summed E-state index contributed by atoms with van der Waals surface area (Å²) in [6.45, 7) is 0.456. The van der Waals surface area contributed by atoms with Gasteiger partial charge in [-0.3, -0.25) is 4.79 Å². The monoisotopic (exact) mass is 289 g/mol. The van der Waals surface area contributed by atoms with E-state index in [1.54, 1.807) is 12.1 Å². The molecular weight excluding hydrogens is 274 g/mol. The van der Waals surface area contributed by atoms with Crippen molar-refractivity contribution in [3.05, 3.63) is 70.2 Å². The summed E-state index contributed by atoms with van der Waals surface area (Å²) in [6, 6.07) is 14.8. The van der Waals surface area contributed by atoms with E-state index in [4.69, 9.17) is 16.7 Å². The second kappa shape index (κ2) is 7.08. The van der Waals surface area contributed by atoms with E-state index in [9.17, 15) is 4.79 Å². The van der Waals surface area contributed by atoms with Crippen LogP contribution in [0.25, 0.3) is 0 Å². The van der Waals surface area contributed by atoms with Crippen LogP contribution in [-0.4, -0.2) is 11.0 Å². The van der Waals surface area contributed by atoms with Crippen molar-refractivity contribution < 1.29 is 9.90 Å². The highest BCUT2D eigenvalue weighted by Gasteiger charge is 2.04. The molecule has 0 aliphatic carbocycles. The molecule has 0 radical (unpaired) electrons. The summed E-state index contributed by atoms with van der Waals surface area (Å²) in [5.74, 6) is -0.0540. The summed E-state index contributed by atoms with van der Waals surface area (Å²) in [6.07, 6.45) is 0.306. The first-order chi connectivity index (χ1) is 9.67. The largest absolute Gasteiger partial charge is 0.392 e. The number of aliphatic hydroxyl groups excluding tert-OH is 1. The number of carbonyl (C=O) groups excluding carboxylic acids is 1. The Labute approximate surface area is 123 Å². The molecule has 20 heavy (non-hydrogen) atoms. The van der Waals surface area contributed by atoms with Crippen molar-refractivity contribution in [3.63, 3.8) is 0 Å². The lowest BCUT2D eigenvalue weighted by Crippen LogP contribution is -2.24. The molecule has 0 saturated heterocycles. The number of nitrogens with one attached hydrogen (secondary N) is 1. The molecular formula is C16H16ClNO2. The van der Waals surface area contributed by atoms with E-state index in [0.717, 1.165) is 16.7 Å². The number of benzene rings is 2. The highest BCUT2D eigenvalue weighted by molar-refractivity contribution is 6.30. The van der Waals surface area contributed by atoms with E-state index < -0.39 is 0 Å². The third-order valence-electron chi connectivity index (χ3n) is 2.92. The summed E-state index contributed by atoms with van der Waals surface area (Å²) in [5.41, 5.74) is 2.70. The summed E-state index contributed by atoms with van der Waals surface area (Å²) in [5, 5.41) is 12.5. The van der Waals surface area contributed by atoms with Gasteiger partial charge in [-0.1, -0.05) is 48.0 Å². The third kappa shape index (κ3) is 4.37. The Bertz CT molecular complexity index is 599. The van der Waals surface area contributed by atoms with Crippen LogP contribution in [-0.2, 0) is 24.4 Å². The first-order valence-electron chi connectivity index (χ1n) is 6.37.